The molecule has 2 bridgehead atoms. The summed E-state index contributed by atoms with van der Waals surface area (Å²) in [6.45, 7) is -0.760. The number of carbonyl (C=O) groups excluding carboxylic acids is 2. The highest BCUT2D eigenvalue weighted by Crippen LogP contribution is 2.47. The SMILES string of the molecule is O=C(COc1cc(F)c2cn[nH]c2c1)NC12CCC(NC(=O)COc3ccc(F)c(F)c3)(CC1)C(O)C2. The van der Waals surface area contributed by atoms with E-state index in [1.807, 2.05) is 0 Å². The van der Waals surface area contributed by atoms with Gasteiger partial charge in [-0.2, -0.15) is 5.10 Å². The number of hydrogen-bond donors (Lipinski definition) is 4. The number of carbonyl (C=O) groups is 2. The first-order valence-corrected chi connectivity index (χ1v) is 11.8. The summed E-state index contributed by atoms with van der Waals surface area (Å²) in [5.74, 6) is -3.34. The van der Waals surface area contributed by atoms with Crippen molar-refractivity contribution < 1.29 is 37.3 Å². The molecule has 3 aromatic rings. The third kappa shape index (κ3) is 5.06. The molecule has 3 fully saturated rings. The molecular weight excluding hydrogens is 493 g/mol. The van der Waals surface area contributed by atoms with Crippen molar-refractivity contribution >= 4 is 22.7 Å². The van der Waals surface area contributed by atoms with Gasteiger partial charge in [-0.05, 0) is 44.2 Å². The molecule has 3 aliphatic rings. The normalized spacial score (nSPS) is 24.6. The summed E-state index contributed by atoms with van der Waals surface area (Å²) >= 11 is 0. The fourth-order valence-corrected chi connectivity index (χ4v) is 5.24. The second kappa shape index (κ2) is 9.58. The Bertz CT molecular complexity index is 1340. The average Bonchev–Trinajstić information content (AvgIpc) is 3.34. The molecule has 9 nitrogen and oxygen atoms in total. The first-order valence-electron chi connectivity index (χ1n) is 11.8. The number of amides is 2. The van der Waals surface area contributed by atoms with E-state index in [2.05, 4.69) is 20.8 Å². The highest BCUT2D eigenvalue weighted by molar-refractivity contribution is 5.81. The first-order chi connectivity index (χ1) is 17.7. The minimum atomic E-state index is -1.08. The number of aromatic nitrogens is 2. The van der Waals surface area contributed by atoms with Crippen LogP contribution in [-0.4, -0.2) is 57.5 Å². The molecule has 0 radical (unpaired) electrons. The minimum absolute atomic E-state index is 0.00978. The van der Waals surface area contributed by atoms with Gasteiger partial charge in [-0.15, -0.1) is 0 Å². The molecule has 0 aliphatic heterocycles. The third-order valence-electron chi connectivity index (χ3n) is 7.23. The van der Waals surface area contributed by atoms with Crippen molar-refractivity contribution in [2.75, 3.05) is 13.2 Å². The van der Waals surface area contributed by atoms with Gasteiger partial charge in [0.05, 0.1) is 28.7 Å². The van der Waals surface area contributed by atoms with E-state index >= 15 is 0 Å². The predicted octanol–water partition coefficient (Wildman–Crippen LogP) is 2.49. The molecule has 1 unspecified atom stereocenters. The fourth-order valence-electron chi connectivity index (χ4n) is 5.24. The monoisotopic (exact) mass is 518 g/mol. The van der Waals surface area contributed by atoms with Gasteiger partial charge >= 0.3 is 0 Å². The summed E-state index contributed by atoms with van der Waals surface area (Å²) < 4.78 is 51.2. The standard InChI is InChI=1S/C25H25F3N4O5/c26-17-2-1-14(7-19(17)28)36-13-23(35)31-25-5-3-24(4-6-25,10-21(25)33)30-22(34)12-37-15-8-18(27)16-11-29-32-20(16)9-15/h1-2,7-9,11,21,33H,3-6,10,12-13H2,(H,29,32)(H,30,34)(H,31,35). The number of rotatable bonds is 8. The van der Waals surface area contributed by atoms with Gasteiger partial charge in [-0.3, -0.25) is 14.7 Å². The Morgan fingerprint density at radius 1 is 0.946 bits per heavy atom. The maximum Gasteiger partial charge on any atom is 0.258 e. The van der Waals surface area contributed by atoms with Crippen molar-refractivity contribution in [3.63, 3.8) is 0 Å². The molecule has 3 aliphatic carbocycles. The molecule has 0 saturated heterocycles. The predicted molar refractivity (Wildman–Crippen MR) is 124 cm³/mol. The van der Waals surface area contributed by atoms with E-state index in [1.54, 1.807) is 6.07 Å². The number of nitrogens with zero attached hydrogens (tertiary/aromatic N) is 1. The second-order valence-electron chi connectivity index (χ2n) is 9.64. The van der Waals surface area contributed by atoms with Crippen molar-refractivity contribution in [2.45, 2.75) is 49.3 Å². The molecular formula is C25H25F3N4O5. The number of H-pyrrole nitrogens is 1. The summed E-state index contributed by atoms with van der Waals surface area (Å²) in [7, 11) is 0. The Kier molecular flexibility index (Phi) is 6.44. The minimum Gasteiger partial charge on any atom is -0.484 e. The van der Waals surface area contributed by atoms with Crippen LogP contribution in [0.1, 0.15) is 32.1 Å². The van der Waals surface area contributed by atoms with Crippen LogP contribution < -0.4 is 20.1 Å². The van der Waals surface area contributed by atoms with Crippen LogP contribution in [0.4, 0.5) is 13.2 Å². The van der Waals surface area contributed by atoms with E-state index in [4.69, 9.17) is 9.47 Å². The quantitative estimate of drug-likeness (QED) is 0.363. The Hall–Kier alpha value is -3.80. The van der Waals surface area contributed by atoms with Crippen LogP contribution in [0.25, 0.3) is 10.9 Å². The van der Waals surface area contributed by atoms with Gasteiger partial charge in [0.2, 0.25) is 0 Å². The largest absolute Gasteiger partial charge is 0.484 e. The van der Waals surface area contributed by atoms with Gasteiger partial charge < -0.3 is 25.2 Å². The van der Waals surface area contributed by atoms with Gasteiger partial charge in [0, 0.05) is 23.7 Å². The zero-order chi connectivity index (χ0) is 26.2. The zero-order valence-corrected chi connectivity index (χ0v) is 19.7. The Balaban J connectivity index is 1.13. The van der Waals surface area contributed by atoms with Crippen molar-refractivity contribution in [2.24, 2.45) is 0 Å². The van der Waals surface area contributed by atoms with Crippen molar-refractivity contribution in [1.82, 2.24) is 20.8 Å². The number of benzene rings is 2. The molecule has 6 rings (SSSR count). The smallest absolute Gasteiger partial charge is 0.258 e. The van der Waals surface area contributed by atoms with Gasteiger partial charge in [-0.1, -0.05) is 0 Å². The van der Waals surface area contributed by atoms with Crippen LogP contribution in [0.15, 0.2) is 36.5 Å². The molecule has 37 heavy (non-hydrogen) atoms. The Morgan fingerprint density at radius 2 is 1.62 bits per heavy atom. The lowest BCUT2D eigenvalue weighted by Gasteiger charge is -2.56. The lowest BCUT2D eigenvalue weighted by atomic mass is 9.60. The van der Waals surface area contributed by atoms with Gasteiger partial charge in [0.1, 0.15) is 17.3 Å². The summed E-state index contributed by atoms with van der Waals surface area (Å²) in [5, 5.41) is 23.4. The molecule has 2 amide bonds. The lowest BCUT2D eigenvalue weighted by molar-refractivity contribution is -0.137. The van der Waals surface area contributed by atoms with Crippen LogP contribution >= 0.6 is 0 Å². The van der Waals surface area contributed by atoms with Gasteiger partial charge in [0.25, 0.3) is 11.8 Å². The Labute approximate surface area is 209 Å². The number of hydrogen-bond acceptors (Lipinski definition) is 6. The summed E-state index contributed by atoms with van der Waals surface area (Å²) in [6.07, 6.45) is 2.57. The molecule has 1 heterocycles. The third-order valence-corrected chi connectivity index (χ3v) is 7.23. The van der Waals surface area contributed by atoms with E-state index in [0.29, 0.717) is 36.6 Å². The topological polar surface area (TPSA) is 126 Å². The fraction of sp³-hybridized carbons (Fsp3) is 0.400. The Morgan fingerprint density at radius 3 is 2.32 bits per heavy atom. The van der Waals surface area contributed by atoms with Crippen LogP contribution in [0.2, 0.25) is 0 Å². The van der Waals surface area contributed by atoms with E-state index in [-0.39, 0.29) is 24.5 Å². The first kappa shape index (κ1) is 24.9. The highest BCUT2D eigenvalue weighted by atomic mass is 19.2. The molecule has 1 atom stereocenters. The summed E-state index contributed by atoms with van der Waals surface area (Å²) in [4.78, 5) is 25.1. The molecule has 0 spiro atoms. The molecule has 12 heteroatoms. The summed E-state index contributed by atoms with van der Waals surface area (Å²) in [5.41, 5.74) is -1.06. The molecule has 4 N–H and O–H groups in total. The number of fused-ring (bicyclic) bond motifs is 4. The van der Waals surface area contributed by atoms with Crippen LogP contribution in [0.3, 0.4) is 0 Å². The highest BCUT2D eigenvalue weighted by Gasteiger charge is 2.55. The second-order valence-corrected chi connectivity index (χ2v) is 9.64. The number of aliphatic hydroxyl groups excluding tert-OH is 1. The number of halogens is 3. The van der Waals surface area contributed by atoms with Crippen molar-refractivity contribution in [1.29, 1.82) is 0 Å². The van der Waals surface area contributed by atoms with E-state index in [0.717, 1.165) is 12.1 Å². The van der Waals surface area contributed by atoms with Gasteiger partial charge in [-0.25, -0.2) is 13.2 Å². The maximum absolute atomic E-state index is 14.1. The molecule has 196 valence electrons. The number of nitrogens with one attached hydrogen (secondary N) is 3. The molecule has 3 saturated carbocycles. The molecule has 2 aromatic carbocycles. The number of aromatic amines is 1. The average molecular weight is 518 g/mol. The van der Waals surface area contributed by atoms with Crippen molar-refractivity contribution in [3.8, 4) is 11.5 Å². The van der Waals surface area contributed by atoms with E-state index in [1.165, 1.54) is 18.3 Å². The van der Waals surface area contributed by atoms with Crippen LogP contribution in [0, 0.1) is 17.5 Å². The van der Waals surface area contributed by atoms with Gasteiger partial charge in [0.15, 0.2) is 24.8 Å². The number of aliphatic hydroxyl groups is 1. The lowest BCUT2D eigenvalue weighted by Crippen LogP contribution is -2.70. The van der Waals surface area contributed by atoms with Crippen LogP contribution in [0.5, 0.6) is 11.5 Å². The maximum atomic E-state index is 14.1. The van der Waals surface area contributed by atoms with E-state index in [9.17, 15) is 27.9 Å². The molecule has 1 aromatic heterocycles. The zero-order valence-electron chi connectivity index (χ0n) is 19.7. The number of ether oxygens (including phenoxy) is 2. The van der Waals surface area contributed by atoms with Crippen LogP contribution in [-0.2, 0) is 9.59 Å². The van der Waals surface area contributed by atoms with Crippen molar-refractivity contribution in [3.05, 3.63) is 54.0 Å². The summed E-state index contributed by atoms with van der Waals surface area (Å²) in [6, 6.07) is 5.70. The van der Waals surface area contributed by atoms with E-state index < -0.39 is 53.1 Å².